The first kappa shape index (κ1) is 18.3. The molecule has 0 saturated carbocycles. The molecule has 2 aromatic rings. The summed E-state index contributed by atoms with van der Waals surface area (Å²) in [6, 6.07) is 17.9. The van der Waals surface area contributed by atoms with Crippen molar-refractivity contribution in [2.75, 3.05) is 13.1 Å². The van der Waals surface area contributed by atoms with Crippen molar-refractivity contribution in [2.24, 2.45) is 11.0 Å². The van der Waals surface area contributed by atoms with E-state index in [1.54, 1.807) is 36.5 Å². The van der Waals surface area contributed by atoms with Crippen LogP contribution in [0.3, 0.4) is 0 Å². The number of rotatable bonds is 5. The predicted molar refractivity (Wildman–Crippen MR) is 100 cm³/mol. The number of hydrogen-bond donors (Lipinski definition) is 1. The van der Waals surface area contributed by atoms with Gasteiger partial charge in [0.25, 0.3) is 0 Å². The number of amides is 1. The molecule has 0 radical (unpaired) electrons. The maximum atomic E-state index is 12.6. The summed E-state index contributed by atoms with van der Waals surface area (Å²) in [5.41, 5.74) is 3.45. The maximum Gasteiger partial charge on any atom is 0.243 e. The van der Waals surface area contributed by atoms with E-state index in [4.69, 9.17) is 0 Å². The number of piperidine rings is 1. The van der Waals surface area contributed by atoms with Crippen molar-refractivity contribution < 1.29 is 13.2 Å². The number of hydrogen-bond acceptors (Lipinski definition) is 4. The van der Waals surface area contributed by atoms with Gasteiger partial charge in [-0.3, -0.25) is 4.79 Å². The van der Waals surface area contributed by atoms with E-state index in [-0.39, 0.29) is 16.7 Å². The molecule has 1 heterocycles. The molecule has 0 aromatic heterocycles. The molecule has 3 rings (SSSR count). The van der Waals surface area contributed by atoms with Crippen LogP contribution in [0.4, 0.5) is 0 Å². The quantitative estimate of drug-likeness (QED) is 0.647. The predicted octanol–water partition coefficient (Wildman–Crippen LogP) is 2.24. The van der Waals surface area contributed by atoms with E-state index in [2.05, 4.69) is 10.5 Å². The minimum atomic E-state index is -3.49. The second-order valence-electron chi connectivity index (χ2n) is 6.14. The van der Waals surface area contributed by atoms with E-state index in [1.807, 2.05) is 30.3 Å². The number of hydrazone groups is 1. The van der Waals surface area contributed by atoms with Crippen LogP contribution in [0.15, 0.2) is 70.7 Å². The van der Waals surface area contributed by atoms with Crippen LogP contribution in [-0.2, 0) is 14.8 Å². The van der Waals surface area contributed by atoms with E-state index in [9.17, 15) is 13.2 Å². The molecule has 1 aliphatic heterocycles. The van der Waals surface area contributed by atoms with E-state index in [0.717, 1.165) is 5.56 Å². The highest BCUT2D eigenvalue weighted by molar-refractivity contribution is 7.89. The van der Waals surface area contributed by atoms with Crippen molar-refractivity contribution in [2.45, 2.75) is 17.7 Å². The van der Waals surface area contributed by atoms with Crippen molar-refractivity contribution >= 4 is 22.1 Å². The highest BCUT2D eigenvalue weighted by Crippen LogP contribution is 2.23. The van der Waals surface area contributed by atoms with Crippen LogP contribution < -0.4 is 5.43 Å². The largest absolute Gasteiger partial charge is 0.273 e. The normalized spacial score (nSPS) is 16.6. The SMILES string of the molecule is O=C(N/N=C\c1ccccc1)C1CCN(S(=O)(=O)c2ccccc2)CC1. The molecule has 0 atom stereocenters. The molecule has 0 bridgehead atoms. The Hall–Kier alpha value is -2.51. The summed E-state index contributed by atoms with van der Waals surface area (Å²) >= 11 is 0. The molecule has 0 spiro atoms. The van der Waals surface area contributed by atoms with Gasteiger partial charge in [-0.2, -0.15) is 9.41 Å². The van der Waals surface area contributed by atoms with Gasteiger partial charge in [-0.15, -0.1) is 0 Å². The van der Waals surface area contributed by atoms with Gasteiger partial charge in [0, 0.05) is 19.0 Å². The van der Waals surface area contributed by atoms with Crippen LogP contribution in [-0.4, -0.2) is 37.9 Å². The third kappa shape index (κ3) is 4.36. The van der Waals surface area contributed by atoms with E-state index in [0.29, 0.717) is 25.9 Å². The third-order valence-corrected chi connectivity index (χ3v) is 6.31. The van der Waals surface area contributed by atoms with Crippen molar-refractivity contribution in [3.05, 3.63) is 66.2 Å². The van der Waals surface area contributed by atoms with E-state index < -0.39 is 10.0 Å². The summed E-state index contributed by atoms with van der Waals surface area (Å²) in [4.78, 5) is 12.5. The van der Waals surface area contributed by atoms with Gasteiger partial charge in [0.2, 0.25) is 15.9 Å². The van der Waals surface area contributed by atoms with Gasteiger partial charge in [-0.1, -0.05) is 48.5 Å². The molecule has 1 aliphatic rings. The molecule has 26 heavy (non-hydrogen) atoms. The smallest absolute Gasteiger partial charge is 0.243 e. The summed E-state index contributed by atoms with van der Waals surface area (Å²) in [7, 11) is -3.49. The molecule has 0 unspecified atom stereocenters. The lowest BCUT2D eigenvalue weighted by atomic mass is 9.98. The van der Waals surface area contributed by atoms with Gasteiger partial charge in [0.05, 0.1) is 11.1 Å². The van der Waals surface area contributed by atoms with Crippen LogP contribution in [0.5, 0.6) is 0 Å². The van der Waals surface area contributed by atoms with Crippen molar-refractivity contribution in [1.29, 1.82) is 0 Å². The molecule has 0 aliphatic carbocycles. The van der Waals surface area contributed by atoms with Crippen LogP contribution in [0.2, 0.25) is 0 Å². The van der Waals surface area contributed by atoms with Crippen LogP contribution in [0.1, 0.15) is 18.4 Å². The average Bonchev–Trinajstić information content (AvgIpc) is 2.69. The number of nitrogens with zero attached hydrogens (tertiary/aromatic N) is 2. The molecule has 1 N–H and O–H groups in total. The lowest BCUT2D eigenvalue weighted by Gasteiger charge is -2.30. The Labute approximate surface area is 153 Å². The van der Waals surface area contributed by atoms with E-state index >= 15 is 0 Å². The molecule has 1 fully saturated rings. The Morgan fingerprint density at radius 2 is 1.58 bits per heavy atom. The second-order valence-corrected chi connectivity index (χ2v) is 8.07. The zero-order chi connectivity index (χ0) is 18.4. The van der Waals surface area contributed by atoms with Crippen LogP contribution in [0, 0.1) is 5.92 Å². The number of nitrogens with one attached hydrogen (secondary N) is 1. The minimum Gasteiger partial charge on any atom is -0.273 e. The first-order chi connectivity index (χ1) is 12.6. The highest BCUT2D eigenvalue weighted by Gasteiger charge is 2.31. The van der Waals surface area contributed by atoms with Gasteiger partial charge >= 0.3 is 0 Å². The van der Waals surface area contributed by atoms with Crippen LogP contribution >= 0.6 is 0 Å². The Balaban J connectivity index is 1.53. The Morgan fingerprint density at radius 1 is 1.00 bits per heavy atom. The van der Waals surface area contributed by atoms with Crippen molar-refractivity contribution in [1.82, 2.24) is 9.73 Å². The average molecular weight is 371 g/mol. The van der Waals surface area contributed by atoms with Gasteiger partial charge in [-0.05, 0) is 30.5 Å². The minimum absolute atomic E-state index is 0.172. The monoisotopic (exact) mass is 371 g/mol. The fraction of sp³-hybridized carbons (Fsp3) is 0.263. The zero-order valence-corrected chi connectivity index (χ0v) is 15.1. The van der Waals surface area contributed by atoms with Gasteiger partial charge in [0.15, 0.2) is 0 Å². The molecule has 1 amide bonds. The second kappa shape index (κ2) is 8.25. The topological polar surface area (TPSA) is 78.8 Å². The summed E-state index contributed by atoms with van der Waals surface area (Å²) in [6.45, 7) is 0.662. The van der Waals surface area contributed by atoms with E-state index in [1.165, 1.54) is 4.31 Å². The molecule has 136 valence electrons. The molecule has 6 nitrogen and oxygen atoms in total. The molecule has 7 heteroatoms. The lowest BCUT2D eigenvalue weighted by molar-refractivity contribution is -0.126. The van der Waals surface area contributed by atoms with Crippen molar-refractivity contribution in [3.63, 3.8) is 0 Å². The maximum absolute atomic E-state index is 12.6. The number of sulfonamides is 1. The fourth-order valence-electron chi connectivity index (χ4n) is 2.90. The van der Waals surface area contributed by atoms with Gasteiger partial charge in [-0.25, -0.2) is 13.8 Å². The van der Waals surface area contributed by atoms with Gasteiger partial charge in [0.1, 0.15) is 0 Å². The number of carbonyl (C=O) groups is 1. The van der Waals surface area contributed by atoms with Gasteiger partial charge < -0.3 is 0 Å². The Kier molecular flexibility index (Phi) is 5.80. The summed E-state index contributed by atoms with van der Waals surface area (Å²) in [5.74, 6) is -0.404. The third-order valence-electron chi connectivity index (χ3n) is 4.39. The number of carbonyl (C=O) groups excluding carboxylic acids is 1. The molecule has 2 aromatic carbocycles. The summed E-state index contributed by atoms with van der Waals surface area (Å²) < 4.78 is 26.6. The first-order valence-corrected chi connectivity index (χ1v) is 9.94. The molecular formula is C19H21N3O3S. The fourth-order valence-corrected chi connectivity index (χ4v) is 4.39. The lowest BCUT2D eigenvalue weighted by Crippen LogP contribution is -2.42. The van der Waals surface area contributed by atoms with Crippen molar-refractivity contribution in [3.8, 4) is 0 Å². The molecular weight excluding hydrogens is 350 g/mol. The highest BCUT2D eigenvalue weighted by atomic mass is 32.2. The number of benzene rings is 2. The standard InChI is InChI=1S/C19H21N3O3S/c23-19(21-20-15-16-7-3-1-4-8-16)17-11-13-22(14-12-17)26(24,25)18-9-5-2-6-10-18/h1-10,15,17H,11-14H2,(H,21,23)/b20-15-. The van der Waals surface area contributed by atoms with Crippen LogP contribution in [0.25, 0.3) is 0 Å². The Bertz CT molecular complexity index is 859. The summed E-state index contributed by atoms with van der Waals surface area (Å²) in [5, 5.41) is 3.98. The summed E-state index contributed by atoms with van der Waals surface area (Å²) in [6.07, 6.45) is 2.56. The molecule has 1 saturated heterocycles. The zero-order valence-electron chi connectivity index (χ0n) is 14.3. The Morgan fingerprint density at radius 3 is 2.19 bits per heavy atom. The first-order valence-electron chi connectivity index (χ1n) is 8.50.